The van der Waals surface area contributed by atoms with E-state index in [1.807, 2.05) is 4.90 Å². The Hall–Kier alpha value is -2.96. The number of amides is 1. The lowest BCUT2D eigenvalue weighted by molar-refractivity contribution is 0.0659. The van der Waals surface area contributed by atoms with Gasteiger partial charge in [0.1, 0.15) is 0 Å². The quantitative estimate of drug-likeness (QED) is 0.270. The summed E-state index contributed by atoms with van der Waals surface area (Å²) >= 11 is 0. The smallest absolute Gasteiger partial charge is 0.289 e. The van der Waals surface area contributed by atoms with Crippen molar-refractivity contribution < 1.29 is 9.21 Å². The number of hydrogen-bond acceptors (Lipinski definition) is 4. The molecule has 7 nitrogen and oxygen atoms in total. The molecule has 0 bridgehead atoms. The van der Waals surface area contributed by atoms with Crippen LogP contribution in [0.4, 0.5) is 5.69 Å². The van der Waals surface area contributed by atoms with E-state index < -0.39 is 0 Å². The Labute approximate surface area is 216 Å². The van der Waals surface area contributed by atoms with E-state index in [2.05, 4.69) is 48.0 Å². The van der Waals surface area contributed by atoms with Crippen molar-refractivity contribution >= 4 is 17.6 Å². The van der Waals surface area contributed by atoms with Crippen LogP contribution in [0.2, 0.25) is 0 Å². The van der Waals surface area contributed by atoms with Crippen molar-refractivity contribution in [2.45, 2.75) is 71.8 Å². The minimum Gasteiger partial charge on any atom is -0.459 e. The monoisotopic (exact) mass is 495 g/mol. The summed E-state index contributed by atoms with van der Waals surface area (Å²) in [6.45, 7) is 8.66. The Morgan fingerprint density at radius 2 is 1.61 bits per heavy atom. The molecule has 4 N–H and O–H groups in total. The number of carbonyl (C=O) groups excluding carboxylic acids is 1. The van der Waals surface area contributed by atoms with Crippen molar-refractivity contribution in [2.24, 2.45) is 28.3 Å². The fourth-order valence-corrected chi connectivity index (χ4v) is 5.02. The molecule has 36 heavy (non-hydrogen) atoms. The van der Waals surface area contributed by atoms with Crippen LogP contribution in [0.25, 0.3) is 0 Å². The van der Waals surface area contributed by atoms with E-state index in [-0.39, 0.29) is 11.9 Å². The van der Waals surface area contributed by atoms with E-state index in [1.54, 1.807) is 18.4 Å². The van der Waals surface area contributed by atoms with Gasteiger partial charge in [0, 0.05) is 38.4 Å². The van der Waals surface area contributed by atoms with Gasteiger partial charge in [0.2, 0.25) is 0 Å². The standard InChI is InChI=1S/C29H45N5O2/c1-3-5-17-33(18-6-4-2)26-15-13-25(14-16-26)22-34(28(35)27-8-7-19-36-27)21-24-11-9-23(10-12-24)20-32-29(30)31/h7-8,13-16,19,23-24H,3-6,9-12,17-18,20-22H2,1-2H3,(H4,30,31,32). The fourth-order valence-electron chi connectivity index (χ4n) is 5.02. The summed E-state index contributed by atoms with van der Waals surface area (Å²) in [5, 5.41) is 0. The second-order valence-corrected chi connectivity index (χ2v) is 10.2. The predicted octanol–water partition coefficient (Wildman–Crippen LogP) is 5.41. The van der Waals surface area contributed by atoms with E-state index in [0.717, 1.165) is 50.9 Å². The van der Waals surface area contributed by atoms with Gasteiger partial charge in [-0.05, 0) is 80.2 Å². The molecular formula is C29H45N5O2. The topological polar surface area (TPSA) is 101 Å². The summed E-state index contributed by atoms with van der Waals surface area (Å²) in [6, 6.07) is 12.3. The average Bonchev–Trinajstić information content (AvgIpc) is 3.43. The first-order chi connectivity index (χ1) is 17.5. The highest BCUT2D eigenvalue weighted by molar-refractivity contribution is 5.91. The third-order valence-electron chi connectivity index (χ3n) is 7.23. The highest BCUT2D eigenvalue weighted by Crippen LogP contribution is 2.30. The molecule has 0 radical (unpaired) electrons. The molecule has 0 spiro atoms. The SMILES string of the molecule is CCCCN(CCCC)c1ccc(CN(CC2CCC(CN=C(N)N)CC2)C(=O)c2ccco2)cc1. The van der Waals surface area contributed by atoms with Crippen LogP contribution in [0.15, 0.2) is 52.1 Å². The number of nitrogens with two attached hydrogens (primary N) is 2. The Bertz CT molecular complexity index is 906. The second kappa shape index (κ2) is 14.6. The van der Waals surface area contributed by atoms with E-state index in [1.165, 1.54) is 31.4 Å². The van der Waals surface area contributed by atoms with Crippen molar-refractivity contribution in [1.29, 1.82) is 0 Å². The molecule has 1 aromatic carbocycles. The summed E-state index contributed by atoms with van der Waals surface area (Å²) in [6.07, 6.45) is 10.7. The zero-order valence-corrected chi connectivity index (χ0v) is 22.2. The first kappa shape index (κ1) is 27.6. The highest BCUT2D eigenvalue weighted by atomic mass is 16.3. The molecule has 198 valence electrons. The van der Waals surface area contributed by atoms with Gasteiger partial charge in [-0.25, -0.2) is 0 Å². The molecular weight excluding hydrogens is 450 g/mol. The zero-order chi connectivity index (χ0) is 25.8. The lowest BCUT2D eigenvalue weighted by Crippen LogP contribution is -2.36. The second-order valence-electron chi connectivity index (χ2n) is 10.2. The van der Waals surface area contributed by atoms with Crippen LogP contribution in [0.3, 0.4) is 0 Å². The maximum atomic E-state index is 13.3. The van der Waals surface area contributed by atoms with E-state index >= 15 is 0 Å². The molecule has 0 aliphatic heterocycles. The summed E-state index contributed by atoms with van der Waals surface area (Å²) in [4.78, 5) is 22.0. The molecule has 7 heteroatoms. The van der Waals surface area contributed by atoms with E-state index in [4.69, 9.17) is 15.9 Å². The Morgan fingerprint density at radius 1 is 0.972 bits per heavy atom. The third-order valence-corrected chi connectivity index (χ3v) is 7.23. The molecule has 1 fully saturated rings. The first-order valence-electron chi connectivity index (χ1n) is 13.7. The Morgan fingerprint density at radius 3 is 2.17 bits per heavy atom. The van der Waals surface area contributed by atoms with Crippen LogP contribution in [-0.2, 0) is 6.54 Å². The van der Waals surface area contributed by atoms with Crippen molar-refractivity contribution in [3.05, 3.63) is 54.0 Å². The van der Waals surface area contributed by atoms with Crippen molar-refractivity contribution in [3.63, 3.8) is 0 Å². The third kappa shape index (κ3) is 8.61. The van der Waals surface area contributed by atoms with Crippen LogP contribution in [-0.4, -0.2) is 42.9 Å². The molecule has 0 atom stereocenters. The van der Waals surface area contributed by atoms with Crippen molar-refractivity contribution in [3.8, 4) is 0 Å². The van der Waals surface area contributed by atoms with Crippen LogP contribution in [0.1, 0.15) is 81.3 Å². The van der Waals surface area contributed by atoms with Gasteiger partial charge in [-0.15, -0.1) is 0 Å². The molecule has 1 aliphatic carbocycles. The van der Waals surface area contributed by atoms with Gasteiger partial charge < -0.3 is 25.7 Å². The molecule has 1 aliphatic rings. The lowest BCUT2D eigenvalue weighted by atomic mass is 9.81. The van der Waals surface area contributed by atoms with Gasteiger partial charge >= 0.3 is 0 Å². The van der Waals surface area contributed by atoms with Gasteiger partial charge in [0.25, 0.3) is 5.91 Å². The fraction of sp³-hybridized carbons (Fsp3) is 0.586. The maximum Gasteiger partial charge on any atom is 0.289 e. The number of guanidine groups is 1. The number of carbonyl (C=O) groups is 1. The Balaban J connectivity index is 1.65. The average molecular weight is 496 g/mol. The van der Waals surface area contributed by atoms with Crippen molar-refractivity contribution in [1.82, 2.24) is 4.90 Å². The minimum absolute atomic E-state index is 0.0424. The van der Waals surface area contributed by atoms with Crippen LogP contribution in [0.5, 0.6) is 0 Å². The van der Waals surface area contributed by atoms with E-state index in [0.29, 0.717) is 30.7 Å². The molecule has 3 rings (SSSR count). The summed E-state index contributed by atoms with van der Waals surface area (Å²) in [5.41, 5.74) is 13.4. The number of aliphatic imine (C=N–C) groups is 1. The number of rotatable bonds is 14. The van der Waals surface area contributed by atoms with Crippen LogP contribution < -0.4 is 16.4 Å². The number of furan rings is 1. The van der Waals surface area contributed by atoms with Gasteiger partial charge in [-0.1, -0.05) is 38.8 Å². The van der Waals surface area contributed by atoms with Gasteiger partial charge in [-0.2, -0.15) is 0 Å². The first-order valence-corrected chi connectivity index (χ1v) is 13.7. The Kier molecular flexibility index (Phi) is 11.2. The summed E-state index contributed by atoms with van der Waals surface area (Å²) in [5.74, 6) is 1.51. The van der Waals surface area contributed by atoms with E-state index in [9.17, 15) is 4.79 Å². The maximum absolute atomic E-state index is 13.3. The summed E-state index contributed by atoms with van der Waals surface area (Å²) in [7, 11) is 0. The number of anilines is 1. The summed E-state index contributed by atoms with van der Waals surface area (Å²) < 4.78 is 5.46. The minimum atomic E-state index is -0.0424. The molecule has 1 heterocycles. The number of nitrogens with zero attached hydrogens (tertiary/aromatic N) is 3. The van der Waals surface area contributed by atoms with Crippen LogP contribution >= 0.6 is 0 Å². The molecule has 0 saturated heterocycles. The number of unbranched alkanes of at least 4 members (excludes halogenated alkanes) is 2. The normalized spacial score (nSPS) is 17.5. The molecule has 0 unspecified atom stereocenters. The van der Waals surface area contributed by atoms with Crippen LogP contribution in [0, 0.1) is 11.8 Å². The highest BCUT2D eigenvalue weighted by Gasteiger charge is 2.26. The number of benzene rings is 1. The molecule has 1 saturated carbocycles. The lowest BCUT2D eigenvalue weighted by Gasteiger charge is -2.32. The predicted molar refractivity (Wildman–Crippen MR) is 148 cm³/mol. The van der Waals surface area contributed by atoms with Gasteiger partial charge in [-0.3, -0.25) is 9.79 Å². The van der Waals surface area contributed by atoms with Crippen molar-refractivity contribution in [2.75, 3.05) is 31.1 Å². The van der Waals surface area contributed by atoms with Gasteiger partial charge in [0.05, 0.1) is 6.26 Å². The zero-order valence-electron chi connectivity index (χ0n) is 22.2. The molecule has 2 aromatic rings. The number of hydrogen-bond donors (Lipinski definition) is 2. The molecule has 1 aromatic heterocycles. The molecule has 1 amide bonds. The van der Waals surface area contributed by atoms with Gasteiger partial charge in [0.15, 0.2) is 11.7 Å². The largest absolute Gasteiger partial charge is 0.459 e.